The maximum absolute atomic E-state index is 13.1. The van der Waals surface area contributed by atoms with E-state index in [0.29, 0.717) is 0 Å². The van der Waals surface area contributed by atoms with Gasteiger partial charge in [0.05, 0.1) is 23.6 Å². The van der Waals surface area contributed by atoms with Crippen LogP contribution in [-0.4, -0.2) is 38.0 Å². The molecule has 2 heterocycles. The van der Waals surface area contributed by atoms with Gasteiger partial charge >= 0.3 is 6.03 Å². The summed E-state index contributed by atoms with van der Waals surface area (Å²) in [4.78, 5) is 16.4. The minimum atomic E-state index is -3.17. The summed E-state index contributed by atoms with van der Waals surface area (Å²) in [5.41, 5.74) is 2.55. The molecular weight excluding hydrogens is 404 g/mol. The van der Waals surface area contributed by atoms with Gasteiger partial charge in [-0.05, 0) is 43.3 Å². The maximum atomic E-state index is 13.1. The number of benzene rings is 2. The molecule has 0 radical (unpaired) electrons. The van der Waals surface area contributed by atoms with Gasteiger partial charge in [0.15, 0.2) is 9.84 Å². The molecule has 130 valence electrons. The van der Waals surface area contributed by atoms with Crippen molar-refractivity contribution in [3.63, 3.8) is 0 Å². The first-order chi connectivity index (χ1) is 11.9. The standard InChI is InChI=1S/C18H17BrN2O3S/c1-12-2-6-14(7-3-12)20-16-10-25(23,24)11-17(16)21(18(20)22)15-8-4-13(19)5-9-15/h2-9,16-17H,10-11H2,1H3/t16-,17+/m0/s1. The lowest BCUT2D eigenvalue weighted by Gasteiger charge is -2.22. The maximum Gasteiger partial charge on any atom is 0.329 e. The number of aryl methyl sites for hydroxylation is 1. The highest BCUT2D eigenvalue weighted by Crippen LogP contribution is 2.38. The molecular formula is C18H17BrN2O3S. The molecule has 0 N–H and O–H groups in total. The minimum absolute atomic E-state index is 0.00182. The van der Waals surface area contributed by atoms with Crippen LogP contribution in [0.4, 0.5) is 16.2 Å². The first-order valence-corrected chi connectivity index (χ1v) is 10.6. The lowest BCUT2D eigenvalue weighted by molar-refractivity contribution is 0.255. The Bertz CT molecular complexity index is 856. The number of halogens is 1. The van der Waals surface area contributed by atoms with Gasteiger partial charge < -0.3 is 0 Å². The van der Waals surface area contributed by atoms with E-state index in [0.717, 1.165) is 21.4 Å². The zero-order chi connectivity index (χ0) is 17.8. The van der Waals surface area contributed by atoms with Crippen molar-refractivity contribution in [3.05, 3.63) is 58.6 Å². The van der Waals surface area contributed by atoms with Crippen molar-refractivity contribution in [1.29, 1.82) is 0 Å². The van der Waals surface area contributed by atoms with E-state index >= 15 is 0 Å². The predicted octanol–water partition coefficient (Wildman–Crippen LogP) is 3.37. The second kappa shape index (κ2) is 5.85. The quantitative estimate of drug-likeness (QED) is 0.699. The number of nitrogens with zero attached hydrogens (tertiary/aromatic N) is 2. The number of hydrogen-bond acceptors (Lipinski definition) is 3. The molecule has 2 aromatic carbocycles. The van der Waals surface area contributed by atoms with Crippen molar-refractivity contribution >= 4 is 43.2 Å². The lowest BCUT2D eigenvalue weighted by atomic mass is 10.1. The van der Waals surface area contributed by atoms with E-state index in [-0.39, 0.29) is 29.6 Å². The molecule has 5 nitrogen and oxygen atoms in total. The Hall–Kier alpha value is -1.86. The van der Waals surface area contributed by atoms with E-state index in [1.807, 2.05) is 55.5 Å². The molecule has 0 aliphatic carbocycles. The molecule has 0 bridgehead atoms. The molecule has 2 fully saturated rings. The van der Waals surface area contributed by atoms with Gasteiger partial charge in [-0.1, -0.05) is 33.6 Å². The van der Waals surface area contributed by atoms with Gasteiger partial charge in [0.2, 0.25) is 0 Å². The molecule has 2 amide bonds. The summed E-state index contributed by atoms with van der Waals surface area (Å²) < 4.78 is 25.4. The number of fused-ring (bicyclic) bond motifs is 1. The zero-order valence-electron chi connectivity index (χ0n) is 13.6. The van der Waals surface area contributed by atoms with Crippen molar-refractivity contribution in [2.45, 2.75) is 19.0 Å². The summed E-state index contributed by atoms with van der Waals surface area (Å²) in [6.07, 6.45) is 0. The fourth-order valence-electron chi connectivity index (χ4n) is 3.61. The number of rotatable bonds is 2. The zero-order valence-corrected chi connectivity index (χ0v) is 16.0. The third-order valence-electron chi connectivity index (χ3n) is 4.79. The Labute approximate surface area is 155 Å². The van der Waals surface area contributed by atoms with Crippen molar-refractivity contribution in [2.24, 2.45) is 0 Å². The number of hydrogen-bond donors (Lipinski definition) is 0. The number of amides is 2. The number of carbonyl (C=O) groups excluding carboxylic acids is 1. The van der Waals surface area contributed by atoms with E-state index in [2.05, 4.69) is 15.9 Å². The SMILES string of the molecule is Cc1ccc(N2C(=O)N(c3ccc(Br)cc3)[C@@H]3CS(=O)(=O)C[C@@H]32)cc1. The van der Waals surface area contributed by atoms with Gasteiger partial charge in [0, 0.05) is 15.8 Å². The van der Waals surface area contributed by atoms with Crippen molar-refractivity contribution in [1.82, 2.24) is 0 Å². The first-order valence-electron chi connectivity index (χ1n) is 8.01. The van der Waals surface area contributed by atoms with E-state index in [4.69, 9.17) is 0 Å². The van der Waals surface area contributed by atoms with Gasteiger partial charge in [-0.25, -0.2) is 13.2 Å². The number of anilines is 2. The molecule has 0 spiro atoms. The van der Waals surface area contributed by atoms with Crippen LogP contribution in [0.25, 0.3) is 0 Å². The molecule has 2 atom stereocenters. The average Bonchev–Trinajstić information content (AvgIpc) is 2.99. The summed E-state index contributed by atoms with van der Waals surface area (Å²) >= 11 is 3.39. The van der Waals surface area contributed by atoms with E-state index in [9.17, 15) is 13.2 Å². The molecule has 0 unspecified atom stereocenters. The van der Waals surface area contributed by atoms with Crippen molar-refractivity contribution < 1.29 is 13.2 Å². The monoisotopic (exact) mass is 420 g/mol. The number of carbonyl (C=O) groups is 1. The van der Waals surface area contributed by atoms with Crippen molar-refractivity contribution in [3.8, 4) is 0 Å². The van der Waals surface area contributed by atoms with Gasteiger partial charge in [-0.15, -0.1) is 0 Å². The molecule has 25 heavy (non-hydrogen) atoms. The summed E-state index contributed by atoms with van der Waals surface area (Å²) in [5, 5.41) is 0. The fourth-order valence-corrected chi connectivity index (χ4v) is 5.80. The summed E-state index contributed by atoms with van der Waals surface area (Å²) in [6, 6.07) is 14.1. The number of sulfone groups is 1. The summed E-state index contributed by atoms with van der Waals surface area (Å²) in [5.74, 6) is 0.00609. The Balaban J connectivity index is 1.79. The Morgan fingerprint density at radius 1 is 0.880 bits per heavy atom. The molecule has 2 saturated heterocycles. The molecule has 0 aromatic heterocycles. The molecule has 2 aromatic rings. The van der Waals surface area contributed by atoms with E-state index in [1.165, 1.54) is 0 Å². The normalized spacial score (nSPS) is 24.6. The molecule has 7 heteroatoms. The van der Waals surface area contributed by atoms with Crippen LogP contribution in [0.15, 0.2) is 53.0 Å². The number of urea groups is 1. The van der Waals surface area contributed by atoms with Crippen LogP contribution < -0.4 is 9.80 Å². The molecule has 0 saturated carbocycles. The minimum Gasteiger partial charge on any atom is -0.288 e. The van der Waals surface area contributed by atoms with Crippen molar-refractivity contribution in [2.75, 3.05) is 21.3 Å². The van der Waals surface area contributed by atoms with Gasteiger partial charge in [-0.2, -0.15) is 0 Å². The van der Waals surface area contributed by atoms with Crippen LogP contribution in [-0.2, 0) is 9.84 Å². The summed E-state index contributed by atoms with van der Waals surface area (Å²) in [6.45, 7) is 1.98. The highest BCUT2D eigenvalue weighted by molar-refractivity contribution is 9.10. The molecule has 4 rings (SSSR count). The third kappa shape index (κ3) is 2.85. The van der Waals surface area contributed by atoms with Gasteiger partial charge in [0.25, 0.3) is 0 Å². The molecule has 2 aliphatic heterocycles. The highest BCUT2D eigenvalue weighted by atomic mass is 79.9. The topological polar surface area (TPSA) is 57.7 Å². The largest absolute Gasteiger partial charge is 0.329 e. The van der Waals surface area contributed by atoms with Crippen LogP contribution in [0.3, 0.4) is 0 Å². The third-order valence-corrected chi connectivity index (χ3v) is 7.01. The smallest absolute Gasteiger partial charge is 0.288 e. The predicted molar refractivity (Wildman–Crippen MR) is 102 cm³/mol. The van der Waals surface area contributed by atoms with Crippen LogP contribution in [0.1, 0.15) is 5.56 Å². The Morgan fingerprint density at radius 2 is 1.32 bits per heavy atom. The van der Waals surface area contributed by atoms with E-state index in [1.54, 1.807) is 9.80 Å². The highest BCUT2D eigenvalue weighted by Gasteiger charge is 2.54. The van der Waals surface area contributed by atoms with E-state index < -0.39 is 9.84 Å². The van der Waals surface area contributed by atoms with Crippen LogP contribution in [0, 0.1) is 6.92 Å². The lowest BCUT2D eigenvalue weighted by Crippen LogP contribution is -2.37. The Morgan fingerprint density at radius 3 is 1.80 bits per heavy atom. The van der Waals surface area contributed by atoms with Crippen LogP contribution in [0.2, 0.25) is 0 Å². The second-order valence-corrected chi connectivity index (χ2v) is 9.62. The van der Waals surface area contributed by atoms with Gasteiger partial charge in [-0.3, -0.25) is 9.80 Å². The molecule has 2 aliphatic rings. The van der Waals surface area contributed by atoms with Crippen LogP contribution >= 0.6 is 15.9 Å². The fraction of sp³-hybridized carbons (Fsp3) is 0.278. The first kappa shape index (κ1) is 16.6. The summed E-state index contributed by atoms with van der Waals surface area (Å²) in [7, 11) is -3.17. The average molecular weight is 421 g/mol. The Kier molecular flexibility index (Phi) is 3.88. The van der Waals surface area contributed by atoms with Gasteiger partial charge in [0.1, 0.15) is 0 Å². The van der Waals surface area contributed by atoms with Crippen LogP contribution in [0.5, 0.6) is 0 Å². The second-order valence-electron chi connectivity index (χ2n) is 6.55.